The number of Topliss-reactive ketones (excluding diaryl/α,β-unsaturated/α-hetero) is 1. The first kappa shape index (κ1) is 25.6. The Balaban J connectivity index is 1.23. The van der Waals surface area contributed by atoms with Crippen LogP contribution in [0, 0.1) is 6.92 Å². The lowest BCUT2D eigenvalue weighted by Crippen LogP contribution is -2.37. The van der Waals surface area contributed by atoms with E-state index >= 15 is 0 Å². The van der Waals surface area contributed by atoms with E-state index in [1.807, 2.05) is 4.90 Å². The van der Waals surface area contributed by atoms with Crippen LogP contribution < -0.4 is 10.9 Å². The zero-order valence-corrected chi connectivity index (χ0v) is 22.7. The van der Waals surface area contributed by atoms with Crippen LogP contribution >= 0.6 is 0 Å². The van der Waals surface area contributed by atoms with Gasteiger partial charge < -0.3 is 10.2 Å². The van der Waals surface area contributed by atoms with Crippen LogP contribution in [0.3, 0.4) is 0 Å². The van der Waals surface area contributed by atoms with Crippen LogP contribution in [0.4, 0.5) is 11.8 Å². The van der Waals surface area contributed by atoms with Crippen molar-refractivity contribution in [1.82, 2.24) is 29.3 Å². The van der Waals surface area contributed by atoms with Gasteiger partial charge in [-0.3, -0.25) is 23.9 Å². The molecular formula is C29H35N7O3. The summed E-state index contributed by atoms with van der Waals surface area (Å²) in [6, 6.07) is 4.01. The molecule has 2 saturated heterocycles. The molecule has 3 aromatic heterocycles. The lowest BCUT2D eigenvalue weighted by atomic mass is 10.0. The summed E-state index contributed by atoms with van der Waals surface area (Å²) < 4.78 is 1.69. The number of pyridine rings is 2. The van der Waals surface area contributed by atoms with Crippen LogP contribution in [-0.2, 0) is 0 Å². The van der Waals surface area contributed by atoms with Gasteiger partial charge in [0.05, 0.1) is 11.1 Å². The maximum absolute atomic E-state index is 13.4. The summed E-state index contributed by atoms with van der Waals surface area (Å²) in [5, 5.41) is 3.82. The molecule has 1 amide bonds. The SMILES string of the molecule is CC(=O)c1c(C)c2cnc(Nc3ccc(C(=O)N4CC[C@H](N5CCCC5)C4)cn3)nc2n(C2CCCC2)c1=O. The Labute approximate surface area is 227 Å². The minimum absolute atomic E-state index is 0.00929. The third-order valence-corrected chi connectivity index (χ3v) is 8.61. The van der Waals surface area contributed by atoms with Gasteiger partial charge in [-0.25, -0.2) is 9.97 Å². The zero-order chi connectivity index (χ0) is 27.1. The average molecular weight is 530 g/mol. The van der Waals surface area contributed by atoms with Gasteiger partial charge in [0.15, 0.2) is 5.78 Å². The Kier molecular flexibility index (Phi) is 6.88. The van der Waals surface area contributed by atoms with Gasteiger partial charge in [-0.05, 0) is 76.7 Å². The summed E-state index contributed by atoms with van der Waals surface area (Å²) in [7, 11) is 0. The molecule has 1 saturated carbocycles. The van der Waals surface area contributed by atoms with Crippen LogP contribution in [0.25, 0.3) is 11.0 Å². The second-order valence-electron chi connectivity index (χ2n) is 11.1. The molecule has 0 bridgehead atoms. The third kappa shape index (κ3) is 4.82. The minimum atomic E-state index is -0.279. The molecule has 10 nitrogen and oxygen atoms in total. The monoisotopic (exact) mass is 529 g/mol. The Morgan fingerprint density at radius 1 is 0.949 bits per heavy atom. The van der Waals surface area contributed by atoms with Crippen LogP contribution in [0.15, 0.2) is 29.3 Å². The van der Waals surface area contributed by atoms with E-state index in [9.17, 15) is 14.4 Å². The molecule has 6 rings (SSSR count). The number of aryl methyl sites for hydroxylation is 1. The van der Waals surface area contributed by atoms with Crippen molar-refractivity contribution in [3.8, 4) is 0 Å². The molecule has 1 aliphatic carbocycles. The van der Waals surface area contributed by atoms with Crippen molar-refractivity contribution in [2.75, 3.05) is 31.5 Å². The Morgan fingerprint density at radius 2 is 1.72 bits per heavy atom. The third-order valence-electron chi connectivity index (χ3n) is 8.61. The van der Waals surface area contributed by atoms with E-state index in [-0.39, 0.29) is 28.9 Å². The number of hydrogen-bond donors (Lipinski definition) is 1. The van der Waals surface area contributed by atoms with Gasteiger partial charge in [-0.2, -0.15) is 4.98 Å². The standard InChI is InChI=1S/C29H35N7O3/c1-18-23-16-31-29(33-26(23)36(21-7-3-4-8-21)28(39)25(18)19(2)37)32-24-10-9-20(15-30-24)27(38)35-14-11-22(17-35)34-12-5-6-13-34/h9-10,15-16,21-22H,3-8,11-14,17H2,1-2H3,(H,30,31,32,33)/t22-/m0/s1. The molecule has 3 aliphatic rings. The Hall–Kier alpha value is -3.66. The first-order chi connectivity index (χ1) is 18.9. The first-order valence-corrected chi connectivity index (χ1v) is 14.1. The van der Waals surface area contributed by atoms with Crippen molar-refractivity contribution < 1.29 is 9.59 Å². The van der Waals surface area contributed by atoms with Crippen LogP contribution in [-0.4, -0.2) is 73.2 Å². The fourth-order valence-electron chi connectivity index (χ4n) is 6.53. The number of carbonyl (C=O) groups is 2. The maximum atomic E-state index is 13.4. The van der Waals surface area contributed by atoms with Crippen molar-refractivity contribution in [3.63, 3.8) is 0 Å². The van der Waals surface area contributed by atoms with E-state index in [0.29, 0.717) is 40.0 Å². The van der Waals surface area contributed by atoms with Crippen molar-refractivity contribution in [2.45, 2.75) is 70.9 Å². The molecule has 2 aliphatic heterocycles. The summed E-state index contributed by atoms with van der Waals surface area (Å²) >= 11 is 0. The lowest BCUT2D eigenvalue weighted by molar-refractivity contribution is 0.0779. The van der Waals surface area contributed by atoms with Crippen molar-refractivity contribution in [1.29, 1.82) is 0 Å². The molecule has 39 heavy (non-hydrogen) atoms. The molecule has 0 unspecified atom stereocenters. The van der Waals surface area contributed by atoms with E-state index in [0.717, 1.165) is 58.3 Å². The number of hydrogen-bond acceptors (Lipinski definition) is 8. The van der Waals surface area contributed by atoms with Crippen LogP contribution in [0.1, 0.15) is 84.2 Å². The second kappa shape index (κ2) is 10.5. The summed E-state index contributed by atoms with van der Waals surface area (Å²) in [6.07, 6.45) is 10.6. The van der Waals surface area contributed by atoms with E-state index in [2.05, 4.69) is 20.2 Å². The van der Waals surface area contributed by atoms with Crippen molar-refractivity contribution >= 4 is 34.5 Å². The predicted molar refractivity (Wildman–Crippen MR) is 149 cm³/mol. The highest BCUT2D eigenvalue weighted by Crippen LogP contribution is 2.32. The van der Waals surface area contributed by atoms with E-state index in [1.54, 1.807) is 36.0 Å². The summed E-state index contributed by atoms with van der Waals surface area (Å²) in [5.74, 6) is 0.583. The highest BCUT2D eigenvalue weighted by Gasteiger charge is 2.32. The maximum Gasteiger partial charge on any atom is 0.263 e. The first-order valence-electron chi connectivity index (χ1n) is 14.1. The van der Waals surface area contributed by atoms with E-state index in [1.165, 1.54) is 19.8 Å². The summed E-state index contributed by atoms with van der Waals surface area (Å²) in [6.45, 7) is 7.04. The van der Waals surface area contributed by atoms with Crippen molar-refractivity contribution in [3.05, 3.63) is 51.6 Å². The molecule has 1 N–H and O–H groups in total. The topological polar surface area (TPSA) is 113 Å². The fourth-order valence-corrected chi connectivity index (χ4v) is 6.53. The molecule has 5 heterocycles. The number of carbonyl (C=O) groups excluding carboxylic acids is 2. The molecule has 0 spiro atoms. The summed E-state index contributed by atoms with van der Waals surface area (Å²) in [4.78, 5) is 56.9. The fraction of sp³-hybridized carbons (Fsp3) is 0.517. The van der Waals surface area contributed by atoms with Crippen LogP contribution in [0.2, 0.25) is 0 Å². The van der Waals surface area contributed by atoms with Gasteiger partial charge in [-0.15, -0.1) is 0 Å². The van der Waals surface area contributed by atoms with Crippen LogP contribution in [0.5, 0.6) is 0 Å². The number of nitrogens with one attached hydrogen (secondary N) is 1. The van der Waals surface area contributed by atoms with Gasteiger partial charge in [0.1, 0.15) is 11.5 Å². The quantitative estimate of drug-likeness (QED) is 0.479. The van der Waals surface area contributed by atoms with E-state index < -0.39 is 0 Å². The normalized spacial score (nSPS) is 20.3. The average Bonchev–Trinajstić information content (AvgIpc) is 3.72. The van der Waals surface area contributed by atoms with Gasteiger partial charge >= 0.3 is 0 Å². The van der Waals surface area contributed by atoms with Gasteiger partial charge in [0.25, 0.3) is 11.5 Å². The van der Waals surface area contributed by atoms with Gasteiger partial charge in [0.2, 0.25) is 5.95 Å². The number of nitrogens with zero attached hydrogens (tertiary/aromatic N) is 6. The highest BCUT2D eigenvalue weighted by atomic mass is 16.2. The lowest BCUT2D eigenvalue weighted by Gasteiger charge is -2.23. The number of aromatic nitrogens is 4. The number of anilines is 2. The minimum Gasteiger partial charge on any atom is -0.337 e. The highest BCUT2D eigenvalue weighted by molar-refractivity contribution is 5.99. The molecule has 0 aromatic carbocycles. The number of amides is 1. The number of fused-ring (bicyclic) bond motifs is 1. The van der Waals surface area contributed by atoms with Gasteiger partial charge in [-0.1, -0.05) is 12.8 Å². The molecule has 3 fully saturated rings. The molecule has 10 heteroatoms. The Bertz CT molecular complexity index is 1470. The molecule has 204 valence electrons. The summed E-state index contributed by atoms with van der Waals surface area (Å²) in [5.41, 5.74) is 1.63. The predicted octanol–water partition coefficient (Wildman–Crippen LogP) is 3.87. The molecule has 0 radical (unpaired) electrons. The van der Waals surface area contributed by atoms with Crippen molar-refractivity contribution in [2.24, 2.45) is 0 Å². The number of rotatable bonds is 6. The smallest absolute Gasteiger partial charge is 0.263 e. The van der Waals surface area contributed by atoms with Gasteiger partial charge in [0, 0.05) is 43.0 Å². The molecular weight excluding hydrogens is 494 g/mol. The number of ketones is 1. The number of likely N-dealkylation sites (tertiary alicyclic amines) is 2. The second-order valence-corrected chi connectivity index (χ2v) is 11.1. The Morgan fingerprint density at radius 3 is 2.41 bits per heavy atom. The van der Waals surface area contributed by atoms with E-state index in [4.69, 9.17) is 4.98 Å². The molecule has 1 atom stereocenters. The largest absolute Gasteiger partial charge is 0.337 e. The molecule has 3 aromatic rings. The zero-order valence-electron chi connectivity index (χ0n) is 22.7.